The quantitative estimate of drug-likeness (QED) is 0.687. The van der Waals surface area contributed by atoms with E-state index in [9.17, 15) is 9.59 Å². The van der Waals surface area contributed by atoms with Crippen LogP contribution in [0.5, 0.6) is 0 Å². The molecule has 0 aliphatic heterocycles. The number of esters is 2. The van der Waals surface area contributed by atoms with Gasteiger partial charge in [-0.2, -0.15) is 0 Å². The summed E-state index contributed by atoms with van der Waals surface area (Å²) in [5.41, 5.74) is -0.0532. The molecule has 0 saturated heterocycles. The first-order valence-corrected chi connectivity index (χ1v) is 6.47. The molecule has 106 valence electrons. The highest BCUT2D eigenvalue weighted by Gasteiger charge is 2.17. The van der Waals surface area contributed by atoms with Crippen LogP contribution in [0.2, 0.25) is 0 Å². The van der Waals surface area contributed by atoms with Crippen LogP contribution >= 0.6 is 0 Å². The van der Waals surface area contributed by atoms with Crippen molar-refractivity contribution in [1.82, 2.24) is 0 Å². The monoisotopic (exact) mass is 258 g/mol. The maximum atomic E-state index is 11.4. The third-order valence-electron chi connectivity index (χ3n) is 2.46. The van der Waals surface area contributed by atoms with Crippen molar-refractivity contribution in [2.24, 2.45) is 11.3 Å². The van der Waals surface area contributed by atoms with Crippen molar-refractivity contribution in [1.29, 1.82) is 0 Å². The van der Waals surface area contributed by atoms with Gasteiger partial charge in [0.1, 0.15) is 6.10 Å². The molecule has 0 radical (unpaired) electrons. The molecule has 0 aromatic heterocycles. The van der Waals surface area contributed by atoms with Crippen molar-refractivity contribution >= 4 is 11.9 Å². The fourth-order valence-electron chi connectivity index (χ4n) is 0.976. The molecule has 0 aliphatic carbocycles. The van der Waals surface area contributed by atoms with Crippen LogP contribution in [0.1, 0.15) is 54.4 Å². The highest BCUT2D eigenvalue weighted by atomic mass is 16.5. The van der Waals surface area contributed by atoms with Gasteiger partial charge in [0.05, 0.1) is 19.4 Å². The maximum absolute atomic E-state index is 11.4. The zero-order valence-corrected chi connectivity index (χ0v) is 12.4. The molecule has 0 aromatic rings. The summed E-state index contributed by atoms with van der Waals surface area (Å²) < 4.78 is 10.2. The summed E-state index contributed by atoms with van der Waals surface area (Å²) in [4.78, 5) is 22.8. The lowest BCUT2D eigenvalue weighted by molar-refractivity contribution is -0.155. The number of carbonyl (C=O) groups excluding carboxylic acids is 2. The van der Waals surface area contributed by atoms with Crippen molar-refractivity contribution in [3.8, 4) is 0 Å². The fraction of sp³-hybridized carbons (Fsp3) is 0.857. The van der Waals surface area contributed by atoms with Crippen molar-refractivity contribution in [3.05, 3.63) is 0 Å². The first kappa shape index (κ1) is 16.9. The van der Waals surface area contributed by atoms with Gasteiger partial charge in [0.2, 0.25) is 0 Å². The molecule has 0 rings (SSSR count). The molecule has 1 atom stereocenters. The van der Waals surface area contributed by atoms with E-state index in [0.717, 1.165) is 0 Å². The first-order chi connectivity index (χ1) is 8.11. The highest BCUT2D eigenvalue weighted by molar-refractivity contribution is 5.77. The average Bonchev–Trinajstić information content (AvgIpc) is 2.22. The molecule has 0 spiro atoms. The Morgan fingerprint density at radius 1 is 1.00 bits per heavy atom. The Hall–Kier alpha value is -1.06. The van der Waals surface area contributed by atoms with Crippen LogP contribution in [0, 0.1) is 11.3 Å². The summed E-state index contributed by atoms with van der Waals surface area (Å²) in [6, 6.07) is 0. The third-order valence-corrected chi connectivity index (χ3v) is 2.46. The highest BCUT2D eigenvalue weighted by Crippen LogP contribution is 2.13. The van der Waals surface area contributed by atoms with Gasteiger partial charge in [0.25, 0.3) is 0 Å². The fourth-order valence-corrected chi connectivity index (χ4v) is 0.976. The van der Waals surface area contributed by atoms with Crippen LogP contribution in [-0.4, -0.2) is 24.6 Å². The van der Waals surface area contributed by atoms with Crippen molar-refractivity contribution in [2.75, 3.05) is 6.61 Å². The number of carbonyl (C=O) groups is 2. The molecule has 0 fully saturated rings. The van der Waals surface area contributed by atoms with Crippen LogP contribution in [0.15, 0.2) is 0 Å². The molecule has 0 bridgehead atoms. The normalized spacial score (nSPS) is 13.3. The summed E-state index contributed by atoms with van der Waals surface area (Å²) in [5, 5.41) is 0. The molecule has 1 unspecified atom stereocenters. The second-order valence-corrected chi connectivity index (χ2v) is 6.16. The van der Waals surface area contributed by atoms with E-state index in [1.165, 1.54) is 0 Å². The topological polar surface area (TPSA) is 52.6 Å². The second-order valence-electron chi connectivity index (χ2n) is 6.16. The molecule has 0 saturated carbocycles. The number of rotatable bonds is 6. The van der Waals surface area contributed by atoms with E-state index >= 15 is 0 Å². The lowest BCUT2D eigenvalue weighted by Crippen LogP contribution is -2.22. The van der Waals surface area contributed by atoms with Gasteiger partial charge in [-0.3, -0.25) is 9.59 Å². The van der Waals surface area contributed by atoms with Gasteiger partial charge in [-0.05, 0) is 18.3 Å². The van der Waals surface area contributed by atoms with E-state index < -0.39 is 0 Å². The maximum Gasteiger partial charge on any atom is 0.306 e. The van der Waals surface area contributed by atoms with Gasteiger partial charge < -0.3 is 9.47 Å². The predicted molar refractivity (Wildman–Crippen MR) is 70.0 cm³/mol. The van der Waals surface area contributed by atoms with E-state index in [1.807, 2.05) is 41.5 Å². The Bertz CT molecular complexity index is 276. The second kappa shape index (κ2) is 7.39. The average molecular weight is 258 g/mol. The number of ether oxygens (including phenoxy) is 2. The van der Waals surface area contributed by atoms with Gasteiger partial charge in [0, 0.05) is 0 Å². The van der Waals surface area contributed by atoms with Gasteiger partial charge in [-0.25, -0.2) is 0 Å². The molecule has 4 nitrogen and oxygen atoms in total. The van der Waals surface area contributed by atoms with E-state index in [0.29, 0.717) is 6.61 Å². The van der Waals surface area contributed by atoms with Crippen LogP contribution in [0.4, 0.5) is 0 Å². The van der Waals surface area contributed by atoms with E-state index in [2.05, 4.69) is 0 Å². The summed E-state index contributed by atoms with van der Waals surface area (Å²) in [6.07, 6.45) is 0.0443. The predicted octanol–water partition coefficient (Wildman–Crippen LogP) is 2.94. The van der Waals surface area contributed by atoms with E-state index in [1.54, 1.807) is 0 Å². The largest absolute Gasteiger partial charge is 0.465 e. The zero-order valence-electron chi connectivity index (χ0n) is 12.4. The smallest absolute Gasteiger partial charge is 0.306 e. The van der Waals surface area contributed by atoms with E-state index in [-0.39, 0.29) is 42.2 Å². The molecular weight excluding hydrogens is 232 g/mol. The minimum atomic E-state index is -0.348. The summed E-state index contributed by atoms with van der Waals surface area (Å²) in [6.45, 7) is 12.1. The Morgan fingerprint density at radius 3 is 1.94 bits per heavy atom. The Morgan fingerprint density at radius 2 is 1.50 bits per heavy atom. The third kappa shape index (κ3) is 9.02. The number of hydrogen-bond acceptors (Lipinski definition) is 4. The number of hydrogen-bond donors (Lipinski definition) is 0. The Balaban J connectivity index is 3.82. The Labute approximate surface area is 110 Å². The Kier molecular flexibility index (Phi) is 6.96. The molecule has 4 heteroatoms. The van der Waals surface area contributed by atoms with Crippen LogP contribution in [0.25, 0.3) is 0 Å². The standard InChI is InChI=1S/C14H26O4/c1-10(2)11(3)18-13(16)8-7-12(15)17-9-14(4,5)6/h10-11H,7-9H2,1-6H3. The summed E-state index contributed by atoms with van der Waals surface area (Å²) >= 11 is 0. The minimum Gasteiger partial charge on any atom is -0.465 e. The first-order valence-electron chi connectivity index (χ1n) is 6.47. The molecule has 0 aliphatic rings. The molecule has 0 aromatic carbocycles. The lowest BCUT2D eigenvalue weighted by atomic mass is 9.99. The van der Waals surface area contributed by atoms with Crippen LogP contribution < -0.4 is 0 Å². The summed E-state index contributed by atoms with van der Waals surface area (Å²) in [7, 11) is 0. The molecule has 0 heterocycles. The van der Waals surface area contributed by atoms with Crippen molar-refractivity contribution in [2.45, 2.75) is 60.5 Å². The lowest BCUT2D eigenvalue weighted by Gasteiger charge is -2.18. The van der Waals surface area contributed by atoms with Gasteiger partial charge in [0.15, 0.2) is 0 Å². The minimum absolute atomic E-state index is 0.0532. The van der Waals surface area contributed by atoms with Gasteiger partial charge >= 0.3 is 11.9 Å². The van der Waals surface area contributed by atoms with Crippen LogP contribution in [0.3, 0.4) is 0 Å². The molecule has 18 heavy (non-hydrogen) atoms. The zero-order chi connectivity index (χ0) is 14.3. The SMILES string of the molecule is CC(C)C(C)OC(=O)CCC(=O)OCC(C)(C)C. The van der Waals surface area contributed by atoms with E-state index in [4.69, 9.17) is 9.47 Å². The molecule has 0 amide bonds. The van der Waals surface area contributed by atoms with Gasteiger partial charge in [-0.15, -0.1) is 0 Å². The summed E-state index contributed by atoms with van der Waals surface area (Å²) in [5.74, 6) is -0.412. The van der Waals surface area contributed by atoms with Gasteiger partial charge in [-0.1, -0.05) is 34.6 Å². The molecular formula is C14H26O4. The van der Waals surface area contributed by atoms with Crippen molar-refractivity contribution < 1.29 is 19.1 Å². The molecule has 0 N–H and O–H groups in total. The van der Waals surface area contributed by atoms with Crippen LogP contribution in [-0.2, 0) is 19.1 Å². The van der Waals surface area contributed by atoms with Crippen molar-refractivity contribution in [3.63, 3.8) is 0 Å².